The lowest BCUT2D eigenvalue weighted by Gasteiger charge is -2.32. The molecule has 1 N–H and O–H groups in total. The van der Waals surface area contributed by atoms with Gasteiger partial charge in [0.1, 0.15) is 5.69 Å². The molecule has 8 heteroatoms. The first kappa shape index (κ1) is 20.7. The van der Waals surface area contributed by atoms with Crippen molar-refractivity contribution in [2.24, 2.45) is 5.92 Å². The second-order valence-electron chi connectivity index (χ2n) is 6.99. The standard InChI is InChI=1S/C19H27N3O5/c1-4-9-20-18(23)14(3)27-19(24)15-7-8-16(17(11-15)22(25)26)21-10-5-6-13(2)12-21/h7-8,11,13-14H,4-6,9-10,12H2,1-3H3,(H,20,23)/t13-,14+/m1/s1. The number of esters is 1. The number of carbonyl (C=O) groups is 2. The summed E-state index contributed by atoms with van der Waals surface area (Å²) in [6.45, 7) is 7.51. The van der Waals surface area contributed by atoms with Crippen LogP contribution in [-0.4, -0.2) is 42.5 Å². The molecule has 1 aliphatic rings. The Morgan fingerprint density at radius 2 is 2.19 bits per heavy atom. The number of piperidine rings is 1. The third-order valence-electron chi connectivity index (χ3n) is 4.61. The van der Waals surface area contributed by atoms with E-state index in [-0.39, 0.29) is 11.3 Å². The number of benzene rings is 1. The molecule has 2 atom stereocenters. The summed E-state index contributed by atoms with van der Waals surface area (Å²) in [5, 5.41) is 14.2. The highest BCUT2D eigenvalue weighted by Crippen LogP contribution is 2.32. The lowest BCUT2D eigenvalue weighted by atomic mass is 9.99. The van der Waals surface area contributed by atoms with Crippen molar-refractivity contribution in [1.29, 1.82) is 0 Å². The van der Waals surface area contributed by atoms with Gasteiger partial charge >= 0.3 is 5.97 Å². The van der Waals surface area contributed by atoms with E-state index in [0.717, 1.165) is 32.4 Å². The van der Waals surface area contributed by atoms with Crippen molar-refractivity contribution in [2.45, 2.75) is 46.1 Å². The Morgan fingerprint density at radius 1 is 1.44 bits per heavy atom. The fourth-order valence-corrected chi connectivity index (χ4v) is 3.15. The number of rotatable bonds is 7. The summed E-state index contributed by atoms with van der Waals surface area (Å²) in [7, 11) is 0. The molecule has 0 aromatic heterocycles. The van der Waals surface area contributed by atoms with Crippen molar-refractivity contribution in [3.05, 3.63) is 33.9 Å². The molecular weight excluding hydrogens is 350 g/mol. The van der Waals surface area contributed by atoms with Crippen LogP contribution in [0.3, 0.4) is 0 Å². The van der Waals surface area contributed by atoms with Crippen LogP contribution in [0, 0.1) is 16.0 Å². The molecule has 1 saturated heterocycles. The van der Waals surface area contributed by atoms with Gasteiger partial charge in [-0.2, -0.15) is 0 Å². The van der Waals surface area contributed by atoms with Crippen molar-refractivity contribution < 1.29 is 19.2 Å². The third-order valence-corrected chi connectivity index (χ3v) is 4.61. The highest BCUT2D eigenvalue weighted by molar-refractivity contribution is 5.93. The maximum absolute atomic E-state index is 12.3. The number of carbonyl (C=O) groups excluding carboxylic acids is 2. The summed E-state index contributed by atoms with van der Waals surface area (Å²) in [4.78, 5) is 37.2. The number of nitrogens with one attached hydrogen (secondary N) is 1. The fraction of sp³-hybridized carbons (Fsp3) is 0.579. The van der Waals surface area contributed by atoms with Gasteiger partial charge in [-0.25, -0.2) is 4.79 Å². The van der Waals surface area contributed by atoms with E-state index in [1.807, 2.05) is 11.8 Å². The minimum atomic E-state index is -0.967. The molecule has 1 fully saturated rings. The van der Waals surface area contributed by atoms with Crippen LogP contribution >= 0.6 is 0 Å². The molecule has 1 amide bonds. The molecule has 0 unspecified atom stereocenters. The molecule has 0 aliphatic carbocycles. The Bertz CT molecular complexity index is 707. The van der Waals surface area contributed by atoms with Gasteiger partial charge in [-0.05, 0) is 44.2 Å². The molecule has 0 bridgehead atoms. The summed E-state index contributed by atoms with van der Waals surface area (Å²) in [6.07, 6.45) is 1.89. The quantitative estimate of drug-likeness (QED) is 0.445. The monoisotopic (exact) mass is 377 g/mol. The largest absolute Gasteiger partial charge is 0.449 e. The Balaban J connectivity index is 2.16. The van der Waals surface area contributed by atoms with Gasteiger partial charge in [0.05, 0.1) is 10.5 Å². The van der Waals surface area contributed by atoms with Gasteiger partial charge in [-0.1, -0.05) is 13.8 Å². The van der Waals surface area contributed by atoms with Gasteiger partial charge in [0, 0.05) is 25.7 Å². The molecule has 1 aliphatic heterocycles. The zero-order chi connectivity index (χ0) is 20.0. The maximum Gasteiger partial charge on any atom is 0.339 e. The number of ether oxygens (including phenoxy) is 1. The summed E-state index contributed by atoms with van der Waals surface area (Å²) in [5.41, 5.74) is 0.448. The van der Waals surface area contributed by atoms with E-state index in [1.165, 1.54) is 19.1 Å². The lowest BCUT2D eigenvalue weighted by molar-refractivity contribution is -0.384. The molecule has 0 saturated carbocycles. The normalized spacial score (nSPS) is 17.9. The number of nitrogens with zero attached hydrogens (tertiary/aromatic N) is 2. The summed E-state index contributed by atoms with van der Waals surface area (Å²) in [6, 6.07) is 4.34. The van der Waals surface area contributed by atoms with Gasteiger partial charge in [0.15, 0.2) is 6.10 Å². The average molecular weight is 377 g/mol. The van der Waals surface area contributed by atoms with Gasteiger partial charge in [0.25, 0.3) is 11.6 Å². The van der Waals surface area contributed by atoms with Crippen LogP contribution in [0.1, 0.15) is 50.4 Å². The number of nitro benzene ring substituents is 1. The van der Waals surface area contributed by atoms with Crippen LogP contribution in [-0.2, 0) is 9.53 Å². The smallest absolute Gasteiger partial charge is 0.339 e. The molecule has 1 heterocycles. The molecule has 8 nitrogen and oxygen atoms in total. The molecule has 27 heavy (non-hydrogen) atoms. The third kappa shape index (κ3) is 5.42. The Labute approximate surface area is 159 Å². The topological polar surface area (TPSA) is 102 Å². The molecule has 148 valence electrons. The Hall–Kier alpha value is -2.64. The first-order valence-electron chi connectivity index (χ1n) is 9.35. The van der Waals surface area contributed by atoms with Crippen molar-refractivity contribution in [1.82, 2.24) is 5.32 Å². The van der Waals surface area contributed by atoms with Crippen molar-refractivity contribution >= 4 is 23.3 Å². The van der Waals surface area contributed by atoms with Crippen LogP contribution < -0.4 is 10.2 Å². The maximum atomic E-state index is 12.3. The van der Waals surface area contributed by atoms with Crippen molar-refractivity contribution in [2.75, 3.05) is 24.5 Å². The second kappa shape index (κ2) is 9.34. The number of hydrogen-bond donors (Lipinski definition) is 1. The van der Waals surface area contributed by atoms with Gasteiger partial charge < -0.3 is 15.0 Å². The fourth-order valence-electron chi connectivity index (χ4n) is 3.15. The van der Waals surface area contributed by atoms with E-state index in [4.69, 9.17) is 4.74 Å². The van der Waals surface area contributed by atoms with Crippen molar-refractivity contribution in [3.63, 3.8) is 0 Å². The van der Waals surface area contributed by atoms with Crippen LogP contribution in [0.4, 0.5) is 11.4 Å². The lowest BCUT2D eigenvalue weighted by Crippen LogP contribution is -2.36. The zero-order valence-electron chi connectivity index (χ0n) is 16.1. The Morgan fingerprint density at radius 3 is 2.81 bits per heavy atom. The molecule has 2 rings (SSSR count). The van der Waals surface area contributed by atoms with Gasteiger partial charge in [-0.3, -0.25) is 14.9 Å². The average Bonchev–Trinajstić information content (AvgIpc) is 2.65. The van der Waals surface area contributed by atoms with Crippen LogP contribution in [0.15, 0.2) is 18.2 Å². The van der Waals surface area contributed by atoms with Gasteiger partial charge in [-0.15, -0.1) is 0 Å². The minimum absolute atomic E-state index is 0.0608. The molecule has 0 spiro atoms. The number of amides is 1. The number of nitro groups is 1. The minimum Gasteiger partial charge on any atom is -0.449 e. The van der Waals surface area contributed by atoms with E-state index in [9.17, 15) is 19.7 Å². The van der Waals surface area contributed by atoms with Gasteiger partial charge in [0.2, 0.25) is 0 Å². The first-order chi connectivity index (χ1) is 12.8. The predicted octanol–water partition coefficient (Wildman–Crippen LogP) is 2.90. The summed E-state index contributed by atoms with van der Waals surface area (Å²) >= 11 is 0. The van der Waals surface area contributed by atoms with Crippen LogP contribution in [0.5, 0.6) is 0 Å². The first-order valence-corrected chi connectivity index (χ1v) is 9.35. The van der Waals surface area contributed by atoms with E-state index < -0.39 is 22.9 Å². The SMILES string of the molecule is CCCNC(=O)[C@H](C)OC(=O)c1ccc(N2CCC[C@@H](C)C2)c([N+](=O)[O-])c1. The van der Waals surface area contributed by atoms with Crippen LogP contribution in [0.2, 0.25) is 0 Å². The highest BCUT2D eigenvalue weighted by Gasteiger charge is 2.26. The summed E-state index contributed by atoms with van der Waals surface area (Å²) < 4.78 is 5.15. The van der Waals surface area contributed by atoms with E-state index >= 15 is 0 Å². The molecule has 1 aromatic carbocycles. The molecule has 1 aromatic rings. The highest BCUT2D eigenvalue weighted by atomic mass is 16.6. The van der Waals surface area contributed by atoms with Crippen LogP contribution in [0.25, 0.3) is 0 Å². The van der Waals surface area contributed by atoms with E-state index in [0.29, 0.717) is 18.2 Å². The predicted molar refractivity (Wildman–Crippen MR) is 102 cm³/mol. The molecular formula is C19H27N3O5. The van der Waals surface area contributed by atoms with E-state index in [2.05, 4.69) is 12.2 Å². The Kier molecular flexibility index (Phi) is 7.15. The van der Waals surface area contributed by atoms with Crippen molar-refractivity contribution in [3.8, 4) is 0 Å². The number of hydrogen-bond acceptors (Lipinski definition) is 6. The van der Waals surface area contributed by atoms with E-state index in [1.54, 1.807) is 6.07 Å². The second-order valence-corrected chi connectivity index (χ2v) is 6.99. The molecule has 0 radical (unpaired) electrons. The number of anilines is 1. The zero-order valence-corrected chi connectivity index (χ0v) is 16.1. The summed E-state index contributed by atoms with van der Waals surface area (Å²) in [5.74, 6) is -0.681.